The smallest absolute Gasteiger partial charge is 0.275 e. The fraction of sp³-hybridized carbons (Fsp3) is 0.312. The number of benzene rings is 1. The Morgan fingerprint density at radius 3 is 2.56 bits per heavy atom. The second-order valence-corrected chi connectivity index (χ2v) is 7.62. The maximum absolute atomic E-state index is 12.3. The summed E-state index contributed by atoms with van der Waals surface area (Å²) in [6.45, 7) is 2.71. The van der Waals surface area contributed by atoms with Gasteiger partial charge in [-0.3, -0.25) is 4.79 Å². The molecule has 1 aromatic carbocycles. The van der Waals surface area contributed by atoms with Gasteiger partial charge in [-0.2, -0.15) is 0 Å². The van der Waals surface area contributed by atoms with E-state index < -0.39 is 20.9 Å². The van der Waals surface area contributed by atoms with Crippen molar-refractivity contribution in [2.24, 2.45) is 0 Å². The van der Waals surface area contributed by atoms with Crippen LogP contribution in [0.1, 0.15) is 30.3 Å². The van der Waals surface area contributed by atoms with E-state index in [1.165, 1.54) is 0 Å². The number of hydrogen-bond donors (Lipinski definition) is 1. The maximum atomic E-state index is 12.3. The SMILES string of the molecule is CCCCOc1ccc(NC(=O)c2nc(S(C)(=O)=O)ncc2Cl)cc1. The lowest BCUT2D eigenvalue weighted by molar-refractivity contribution is 0.102. The topological polar surface area (TPSA) is 98.2 Å². The Hall–Kier alpha value is -2.19. The molecule has 0 atom stereocenters. The number of amides is 1. The highest BCUT2D eigenvalue weighted by molar-refractivity contribution is 7.90. The zero-order chi connectivity index (χ0) is 18.4. The molecular formula is C16H18ClN3O4S. The number of unbranched alkanes of at least 4 members (excludes halogenated alkanes) is 1. The molecule has 2 aromatic rings. The van der Waals surface area contributed by atoms with E-state index in [0.717, 1.165) is 25.3 Å². The molecule has 0 aliphatic carbocycles. The number of ether oxygens (including phenoxy) is 1. The average molecular weight is 384 g/mol. The van der Waals surface area contributed by atoms with Gasteiger partial charge in [0.2, 0.25) is 15.0 Å². The Bertz CT molecular complexity index is 854. The normalized spacial score (nSPS) is 11.2. The van der Waals surface area contributed by atoms with Crippen LogP contribution in [0.5, 0.6) is 5.75 Å². The van der Waals surface area contributed by atoms with E-state index in [4.69, 9.17) is 16.3 Å². The van der Waals surface area contributed by atoms with Gasteiger partial charge in [0.1, 0.15) is 5.75 Å². The molecule has 0 fully saturated rings. The van der Waals surface area contributed by atoms with Crippen molar-refractivity contribution >= 4 is 33.0 Å². The molecule has 2 rings (SSSR count). The molecule has 0 radical (unpaired) electrons. The van der Waals surface area contributed by atoms with Gasteiger partial charge in [0.15, 0.2) is 5.69 Å². The van der Waals surface area contributed by atoms with E-state index in [-0.39, 0.29) is 10.7 Å². The zero-order valence-electron chi connectivity index (χ0n) is 13.8. The minimum atomic E-state index is -3.64. The standard InChI is InChI=1S/C16H18ClN3O4S/c1-3-4-9-24-12-7-5-11(6-8-12)19-15(21)14-13(17)10-18-16(20-14)25(2,22)23/h5-8,10H,3-4,9H2,1-2H3,(H,19,21). The predicted molar refractivity (Wildman–Crippen MR) is 95.0 cm³/mol. The fourth-order valence-electron chi connectivity index (χ4n) is 1.85. The summed E-state index contributed by atoms with van der Waals surface area (Å²) in [5, 5.41) is 2.11. The van der Waals surface area contributed by atoms with Crippen molar-refractivity contribution < 1.29 is 17.9 Å². The zero-order valence-corrected chi connectivity index (χ0v) is 15.4. The molecule has 1 amide bonds. The van der Waals surface area contributed by atoms with Crippen molar-refractivity contribution in [2.75, 3.05) is 18.2 Å². The van der Waals surface area contributed by atoms with Gasteiger partial charge in [-0.15, -0.1) is 0 Å². The highest BCUT2D eigenvalue weighted by Gasteiger charge is 2.19. The van der Waals surface area contributed by atoms with Gasteiger partial charge in [-0.25, -0.2) is 18.4 Å². The molecule has 0 unspecified atom stereocenters. The Balaban J connectivity index is 2.12. The number of nitrogens with zero attached hydrogens (tertiary/aromatic N) is 2. The van der Waals surface area contributed by atoms with Crippen molar-refractivity contribution in [2.45, 2.75) is 24.9 Å². The largest absolute Gasteiger partial charge is 0.494 e. The van der Waals surface area contributed by atoms with Gasteiger partial charge in [0.05, 0.1) is 17.8 Å². The Kier molecular flexibility index (Phi) is 6.33. The monoisotopic (exact) mass is 383 g/mol. The lowest BCUT2D eigenvalue weighted by atomic mass is 10.3. The first-order valence-corrected chi connectivity index (χ1v) is 9.85. The Labute approximate surface area is 151 Å². The Morgan fingerprint density at radius 2 is 1.96 bits per heavy atom. The van der Waals surface area contributed by atoms with Crippen LogP contribution in [0.25, 0.3) is 0 Å². The molecule has 1 aromatic heterocycles. The summed E-state index contributed by atoms with van der Waals surface area (Å²) in [7, 11) is -3.64. The van der Waals surface area contributed by atoms with Crippen LogP contribution in [-0.2, 0) is 9.84 Å². The summed E-state index contributed by atoms with van der Waals surface area (Å²) in [6.07, 6.45) is 4.05. The molecule has 25 heavy (non-hydrogen) atoms. The van der Waals surface area contributed by atoms with Crippen LogP contribution in [-0.4, -0.2) is 37.2 Å². The third-order valence-electron chi connectivity index (χ3n) is 3.15. The molecule has 1 N–H and O–H groups in total. The van der Waals surface area contributed by atoms with E-state index in [1.807, 2.05) is 0 Å². The summed E-state index contributed by atoms with van der Waals surface area (Å²) in [5.74, 6) is 0.0721. The van der Waals surface area contributed by atoms with Crippen molar-refractivity contribution in [1.82, 2.24) is 9.97 Å². The summed E-state index contributed by atoms with van der Waals surface area (Å²) < 4.78 is 28.6. The van der Waals surface area contributed by atoms with Gasteiger partial charge >= 0.3 is 0 Å². The number of rotatable bonds is 7. The number of anilines is 1. The van der Waals surface area contributed by atoms with Crippen molar-refractivity contribution in [3.8, 4) is 5.75 Å². The molecule has 0 aliphatic rings. The first-order chi connectivity index (χ1) is 11.8. The molecule has 0 saturated carbocycles. The molecule has 134 valence electrons. The molecule has 0 aliphatic heterocycles. The number of carbonyl (C=O) groups is 1. The Morgan fingerprint density at radius 1 is 1.28 bits per heavy atom. The van der Waals surface area contributed by atoms with E-state index in [1.54, 1.807) is 24.3 Å². The predicted octanol–water partition coefficient (Wildman–Crippen LogP) is 2.96. The van der Waals surface area contributed by atoms with E-state index in [9.17, 15) is 13.2 Å². The average Bonchev–Trinajstić information content (AvgIpc) is 2.56. The van der Waals surface area contributed by atoms with E-state index in [0.29, 0.717) is 18.0 Å². The summed E-state index contributed by atoms with van der Waals surface area (Å²) in [5.41, 5.74) is 0.295. The van der Waals surface area contributed by atoms with E-state index >= 15 is 0 Å². The second-order valence-electron chi connectivity index (χ2n) is 5.30. The number of aromatic nitrogens is 2. The van der Waals surface area contributed by atoms with Crippen LogP contribution in [0.2, 0.25) is 5.02 Å². The highest BCUT2D eigenvalue weighted by atomic mass is 35.5. The lowest BCUT2D eigenvalue weighted by Crippen LogP contribution is -2.17. The third-order valence-corrected chi connectivity index (χ3v) is 4.28. The van der Waals surface area contributed by atoms with Gasteiger partial charge in [-0.05, 0) is 30.7 Å². The molecule has 7 nitrogen and oxygen atoms in total. The number of carbonyl (C=O) groups excluding carboxylic acids is 1. The minimum absolute atomic E-state index is 0.0376. The number of hydrogen-bond acceptors (Lipinski definition) is 6. The van der Waals surface area contributed by atoms with Crippen molar-refractivity contribution in [3.63, 3.8) is 0 Å². The molecule has 0 bridgehead atoms. The molecule has 9 heteroatoms. The number of nitrogens with one attached hydrogen (secondary N) is 1. The first kappa shape index (κ1) is 19.1. The van der Waals surface area contributed by atoms with Crippen LogP contribution >= 0.6 is 11.6 Å². The molecule has 1 heterocycles. The molecule has 0 saturated heterocycles. The highest BCUT2D eigenvalue weighted by Crippen LogP contribution is 2.19. The van der Waals surface area contributed by atoms with Gasteiger partial charge in [-0.1, -0.05) is 24.9 Å². The summed E-state index contributed by atoms with van der Waals surface area (Å²) in [6, 6.07) is 6.81. The quantitative estimate of drug-likeness (QED) is 0.583. The first-order valence-electron chi connectivity index (χ1n) is 7.58. The van der Waals surface area contributed by atoms with Crippen LogP contribution < -0.4 is 10.1 Å². The van der Waals surface area contributed by atoms with Gasteiger partial charge in [0.25, 0.3) is 5.91 Å². The van der Waals surface area contributed by atoms with Gasteiger partial charge < -0.3 is 10.1 Å². The number of halogens is 1. The van der Waals surface area contributed by atoms with Crippen LogP contribution in [0.15, 0.2) is 35.6 Å². The number of sulfone groups is 1. The summed E-state index contributed by atoms with van der Waals surface area (Å²) in [4.78, 5) is 19.7. The minimum Gasteiger partial charge on any atom is -0.494 e. The van der Waals surface area contributed by atoms with Crippen molar-refractivity contribution in [1.29, 1.82) is 0 Å². The maximum Gasteiger partial charge on any atom is 0.275 e. The fourth-order valence-corrected chi connectivity index (χ4v) is 2.53. The lowest BCUT2D eigenvalue weighted by Gasteiger charge is -2.09. The van der Waals surface area contributed by atoms with Crippen LogP contribution in [0.4, 0.5) is 5.69 Å². The summed E-state index contributed by atoms with van der Waals surface area (Å²) >= 11 is 5.90. The van der Waals surface area contributed by atoms with E-state index in [2.05, 4.69) is 22.2 Å². The molecule has 0 spiro atoms. The molecular weight excluding hydrogens is 366 g/mol. The van der Waals surface area contributed by atoms with Crippen molar-refractivity contribution in [3.05, 3.63) is 41.2 Å². The van der Waals surface area contributed by atoms with Crippen LogP contribution in [0, 0.1) is 0 Å². The van der Waals surface area contributed by atoms with Gasteiger partial charge in [0, 0.05) is 11.9 Å². The van der Waals surface area contributed by atoms with Crippen LogP contribution in [0.3, 0.4) is 0 Å². The third kappa shape index (κ3) is 5.40. The second kappa shape index (κ2) is 8.26.